The van der Waals surface area contributed by atoms with Crippen LogP contribution in [0, 0.1) is 5.82 Å². The number of ether oxygens (including phenoxy) is 3. The van der Waals surface area contributed by atoms with Gasteiger partial charge in [0.1, 0.15) is 11.6 Å². The Bertz CT molecular complexity index is 1150. The number of hydrogen-bond acceptors (Lipinski definition) is 6. The Labute approximate surface area is 198 Å². The van der Waals surface area contributed by atoms with E-state index in [-0.39, 0.29) is 12.3 Å². The molecule has 180 valence electrons. The number of aryl methyl sites for hydroxylation is 2. The van der Waals surface area contributed by atoms with Crippen LogP contribution < -0.4 is 19.5 Å². The lowest BCUT2D eigenvalue weighted by Crippen LogP contribution is -2.13. The Morgan fingerprint density at radius 1 is 1.03 bits per heavy atom. The van der Waals surface area contributed by atoms with Crippen molar-refractivity contribution >= 4 is 11.6 Å². The van der Waals surface area contributed by atoms with Gasteiger partial charge in [0.15, 0.2) is 17.3 Å². The van der Waals surface area contributed by atoms with Gasteiger partial charge in [-0.3, -0.25) is 4.79 Å². The van der Waals surface area contributed by atoms with Crippen molar-refractivity contribution < 1.29 is 23.4 Å². The van der Waals surface area contributed by atoms with E-state index in [0.717, 1.165) is 43.6 Å². The summed E-state index contributed by atoms with van der Waals surface area (Å²) in [5.74, 6) is 2.38. The number of amides is 1. The van der Waals surface area contributed by atoms with Crippen molar-refractivity contribution in [1.82, 2.24) is 14.8 Å². The molecular weight excluding hydrogens is 439 g/mol. The second-order valence-corrected chi connectivity index (χ2v) is 8.18. The van der Waals surface area contributed by atoms with Gasteiger partial charge in [0.05, 0.1) is 26.9 Å². The lowest BCUT2D eigenvalue weighted by Gasteiger charge is -2.14. The molecule has 3 aromatic rings. The SMILES string of the molecule is COc1cc(CCC(=O)Nc2ccc(F)c(-c3nnc4n3CCCCC4)c2)cc(OC)c1OC. The minimum absolute atomic E-state index is 0.189. The van der Waals surface area contributed by atoms with Crippen molar-refractivity contribution in [2.24, 2.45) is 0 Å². The molecule has 34 heavy (non-hydrogen) atoms. The molecule has 0 unspecified atom stereocenters. The van der Waals surface area contributed by atoms with Crippen molar-refractivity contribution in [2.75, 3.05) is 26.6 Å². The van der Waals surface area contributed by atoms with Crippen molar-refractivity contribution in [2.45, 2.75) is 45.1 Å². The first-order chi connectivity index (χ1) is 16.5. The summed E-state index contributed by atoms with van der Waals surface area (Å²) in [5.41, 5.74) is 1.72. The highest BCUT2D eigenvalue weighted by atomic mass is 19.1. The highest BCUT2D eigenvalue weighted by Crippen LogP contribution is 2.38. The van der Waals surface area contributed by atoms with Gasteiger partial charge in [-0.1, -0.05) is 6.42 Å². The average Bonchev–Trinajstić information content (AvgIpc) is 3.10. The lowest BCUT2D eigenvalue weighted by atomic mass is 10.1. The molecule has 8 nitrogen and oxygen atoms in total. The van der Waals surface area contributed by atoms with Crippen LogP contribution in [0.15, 0.2) is 30.3 Å². The summed E-state index contributed by atoms with van der Waals surface area (Å²) >= 11 is 0. The van der Waals surface area contributed by atoms with E-state index in [0.29, 0.717) is 40.7 Å². The van der Waals surface area contributed by atoms with Crippen molar-refractivity contribution in [3.63, 3.8) is 0 Å². The molecule has 0 atom stereocenters. The van der Waals surface area contributed by atoms with E-state index in [4.69, 9.17) is 14.2 Å². The third-order valence-electron chi connectivity index (χ3n) is 5.97. The fraction of sp³-hybridized carbons (Fsp3) is 0.400. The van der Waals surface area contributed by atoms with E-state index < -0.39 is 5.82 Å². The summed E-state index contributed by atoms with van der Waals surface area (Å²) in [7, 11) is 4.64. The zero-order valence-electron chi connectivity index (χ0n) is 19.7. The van der Waals surface area contributed by atoms with Gasteiger partial charge in [0.25, 0.3) is 0 Å². The number of aromatic nitrogens is 3. The van der Waals surface area contributed by atoms with Crippen LogP contribution in [0.2, 0.25) is 0 Å². The number of nitrogens with one attached hydrogen (secondary N) is 1. The summed E-state index contributed by atoms with van der Waals surface area (Å²) in [4.78, 5) is 12.7. The normalized spacial score (nSPS) is 13.1. The number of carbonyl (C=O) groups is 1. The zero-order chi connectivity index (χ0) is 24.1. The topological polar surface area (TPSA) is 87.5 Å². The van der Waals surface area contributed by atoms with Crippen molar-refractivity contribution in [3.8, 4) is 28.6 Å². The van der Waals surface area contributed by atoms with E-state index in [2.05, 4.69) is 15.5 Å². The molecule has 0 radical (unpaired) electrons. The number of anilines is 1. The minimum atomic E-state index is -0.394. The van der Waals surface area contributed by atoms with Crippen LogP contribution in [-0.4, -0.2) is 42.0 Å². The first kappa shape index (κ1) is 23.5. The molecule has 0 bridgehead atoms. The Balaban J connectivity index is 1.47. The number of fused-ring (bicyclic) bond motifs is 1. The second kappa shape index (κ2) is 10.5. The molecular formula is C25H29FN4O4. The standard InChI is InChI=1S/C25H29FN4O4/c1-32-20-13-16(14-21(33-2)24(20)34-3)8-11-23(31)27-17-9-10-19(26)18(15-17)25-29-28-22-7-5-4-6-12-30(22)25/h9-10,13-15H,4-8,11-12H2,1-3H3,(H,27,31). The summed E-state index contributed by atoms with van der Waals surface area (Å²) in [5, 5.41) is 11.4. The number of benzene rings is 2. The van der Waals surface area contributed by atoms with Gasteiger partial charge >= 0.3 is 0 Å². The first-order valence-corrected chi connectivity index (χ1v) is 11.3. The second-order valence-electron chi connectivity index (χ2n) is 8.18. The maximum atomic E-state index is 14.7. The first-order valence-electron chi connectivity index (χ1n) is 11.3. The van der Waals surface area contributed by atoms with Crippen LogP contribution in [0.3, 0.4) is 0 Å². The average molecular weight is 469 g/mol. The number of methoxy groups -OCH3 is 3. The van der Waals surface area contributed by atoms with Crippen LogP contribution in [0.1, 0.15) is 37.1 Å². The maximum Gasteiger partial charge on any atom is 0.224 e. The van der Waals surface area contributed by atoms with E-state index >= 15 is 0 Å². The number of halogens is 1. The zero-order valence-corrected chi connectivity index (χ0v) is 19.7. The molecule has 2 aromatic carbocycles. The molecule has 0 saturated carbocycles. The van der Waals surface area contributed by atoms with Gasteiger partial charge in [-0.2, -0.15) is 0 Å². The molecule has 0 fully saturated rings. The highest BCUT2D eigenvalue weighted by molar-refractivity contribution is 5.91. The predicted molar refractivity (Wildman–Crippen MR) is 126 cm³/mol. The molecule has 1 aliphatic rings. The monoisotopic (exact) mass is 468 g/mol. The largest absolute Gasteiger partial charge is 0.493 e. The van der Waals surface area contributed by atoms with E-state index in [1.54, 1.807) is 33.5 Å². The molecule has 2 heterocycles. The summed E-state index contributed by atoms with van der Waals surface area (Å²) in [6.07, 6.45) is 4.72. The Morgan fingerprint density at radius 2 is 1.79 bits per heavy atom. The molecule has 0 spiro atoms. The number of hydrogen-bond donors (Lipinski definition) is 1. The lowest BCUT2D eigenvalue weighted by molar-refractivity contribution is -0.116. The minimum Gasteiger partial charge on any atom is -0.493 e. The fourth-order valence-electron chi connectivity index (χ4n) is 4.22. The molecule has 0 saturated heterocycles. The van der Waals surface area contributed by atoms with Crippen LogP contribution >= 0.6 is 0 Å². The van der Waals surface area contributed by atoms with Crippen LogP contribution in [-0.2, 0) is 24.2 Å². The van der Waals surface area contributed by atoms with Gasteiger partial charge in [-0.25, -0.2) is 4.39 Å². The quantitative estimate of drug-likeness (QED) is 0.527. The smallest absolute Gasteiger partial charge is 0.224 e. The molecule has 1 N–H and O–H groups in total. The molecule has 0 aliphatic carbocycles. The van der Waals surface area contributed by atoms with Gasteiger partial charge < -0.3 is 24.1 Å². The summed E-state index contributed by atoms with van der Waals surface area (Å²) in [6.45, 7) is 0.766. The van der Waals surface area contributed by atoms with Gasteiger partial charge in [0, 0.05) is 25.1 Å². The van der Waals surface area contributed by atoms with Gasteiger partial charge in [-0.15, -0.1) is 10.2 Å². The van der Waals surface area contributed by atoms with Crippen LogP contribution in [0.4, 0.5) is 10.1 Å². The van der Waals surface area contributed by atoms with Gasteiger partial charge in [0.2, 0.25) is 11.7 Å². The molecule has 4 rings (SSSR count). The van der Waals surface area contributed by atoms with Crippen molar-refractivity contribution in [3.05, 3.63) is 47.5 Å². The fourth-order valence-corrected chi connectivity index (χ4v) is 4.22. The Hall–Kier alpha value is -3.62. The van der Waals surface area contributed by atoms with Crippen molar-refractivity contribution in [1.29, 1.82) is 0 Å². The van der Waals surface area contributed by atoms with E-state index in [1.165, 1.54) is 6.07 Å². The molecule has 1 aromatic heterocycles. The number of carbonyl (C=O) groups excluding carboxylic acids is 1. The molecule has 1 aliphatic heterocycles. The predicted octanol–water partition coefficient (Wildman–Crippen LogP) is 4.41. The number of rotatable bonds is 8. The maximum absolute atomic E-state index is 14.7. The van der Waals surface area contributed by atoms with E-state index in [9.17, 15) is 9.18 Å². The number of nitrogens with zero attached hydrogens (tertiary/aromatic N) is 3. The van der Waals surface area contributed by atoms with Crippen LogP contribution in [0.5, 0.6) is 17.2 Å². The van der Waals surface area contributed by atoms with Gasteiger partial charge in [-0.05, 0) is 55.2 Å². The van der Waals surface area contributed by atoms with Crippen LogP contribution in [0.25, 0.3) is 11.4 Å². The Morgan fingerprint density at radius 3 is 2.50 bits per heavy atom. The molecule has 9 heteroatoms. The summed E-state index contributed by atoms with van der Waals surface area (Å²) in [6, 6.07) is 8.16. The third kappa shape index (κ3) is 4.98. The Kier molecular flexibility index (Phi) is 7.30. The summed E-state index contributed by atoms with van der Waals surface area (Å²) < 4.78 is 32.8. The molecule has 1 amide bonds. The highest BCUT2D eigenvalue weighted by Gasteiger charge is 2.19. The third-order valence-corrected chi connectivity index (χ3v) is 5.97. The van der Waals surface area contributed by atoms with E-state index in [1.807, 2.05) is 16.7 Å².